The maximum absolute atomic E-state index is 5.77. The van der Waals surface area contributed by atoms with Gasteiger partial charge in [-0.2, -0.15) is 0 Å². The van der Waals surface area contributed by atoms with Crippen LogP contribution in [0.3, 0.4) is 0 Å². The summed E-state index contributed by atoms with van der Waals surface area (Å²) >= 11 is 0. The summed E-state index contributed by atoms with van der Waals surface area (Å²) < 4.78 is 0. The number of hydrogen-bond acceptors (Lipinski definition) is 3. The van der Waals surface area contributed by atoms with Crippen LogP contribution in [0.4, 0.5) is 0 Å². The van der Waals surface area contributed by atoms with Gasteiger partial charge in [0, 0.05) is 33.9 Å². The van der Waals surface area contributed by atoms with Crippen molar-refractivity contribution in [3.05, 3.63) is 47.5 Å². The van der Waals surface area contributed by atoms with Gasteiger partial charge in [0.2, 0.25) is 0 Å². The lowest BCUT2D eigenvalue weighted by Crippen LogP contribution is -2.10. The average Bonchev–Trinajstić information content (AvgIpc) is 2.10. The molecule has 3 nitrogen and oxygen atoms in total. The number of aliphatic imine (C=N–C) groups is 1. The molecule has 0 spiro atoms. The molecular formula is C13H21N3. The second-order valence-electron chi connectivity index (χ2n) is 3.77. The largest absolute Gasteiger partial charge is 0.399 e. The summed E-state index contributed by atoms with van der Waals surface area (Å²) in [7, 11) is 0. The minimum Gasteiger partial charge on any atom is -0.399 e. The Morgan fingerprint density at radius 3 is 1.81 bits per heavy atom. The van der Waals surface area contributed by atoms with Gasteiger partial charge in [-0.25, -0.2) is 0 Å². The molecule has 0 aromatic heterocycles. The van der Waals surface area contributed by atoms with Crippen LogP contribution in [-0.4, -0.2) is 5.71 Å². The lowest BCUT2D eigenvalue weighted by molar-refractivity contribution is 1.16. The van der Waals surface area contributed by atoms with Crippen LogP contribution in [0.2, 0.25) is 0 Å². The minimum absolute atomic E-state index is 0.446. The van der Waals surface area contributed by atoms with Crippen molar-refractivity contribution in [3.8, 4) is 0 Å². The van der Waals surface area contributed by atoms with E-state index in [9.17, 15) is 0 Å². The zero-order valence-electron chi connectivity index (χ0n) is 10.6. The van der Waals surface area contributed by atoms with Crippen LogP contribution >= 0.6 is 0 Å². The molecule has 0 heterocycles. The second-order valence-corrected chi connectivity index (χ2v) is 3.77. The lowest BCUT2D eigenvalue weighted by Gasteiger charge is -2.13. The zero-order valence-corrected chi connectivity index (χ0v) is 10.6. The second kappa shape index (κ2) is 5.95. The highest BCUT2D eigenvalue weighted by Crippen LogP contribution is 2.23. The highest BCUT2D eigenvalue weighted by Gasteiger charge is 2.11. The molecule has 0 saturated heterocycles. The van der Waals surface area contributed by atoms with E-state index in [-0.39, 0.29) is 0 Å². The first-order valence-electron chi connectivity index (χ1n) is 5.10. The molecule has 0 fully saturated rings. The number of nitrogens with zero attached hydrogens (tertiary/aromatic N) is 1. The van der Waals surface area contributed by atoms with Gasteiger partial charge in [0.05, 0.1) is 0 Å². The van der Waals surface area contributed by atoms with E-state index in [1.54, 1.807) is 0 Å². The quantitative estimate of drug-likeness (QED) is 0.564. The Morgan fingerprint density at radius 2 is 1.56 bits per heavy atom. The van der Waals surface area contributed by atoms with Crippen LogP contribution in [0.15, 0.2) is 52.5 Å². The zero-order chi connectivity index (χ0) is 12.9. The molecule has 0 rings (SSSR count). The van der Waals surface area contributed by atoms with Crippen LogP contribution in [0.1, 0.15) is 27.7 Å². The van der Waals surface area contributed by atoms with E-state index in [0.717, 1.165) is 22.6 Å². The Morgan fingerprint density at radius 1 is 1.06 bits per heavy atom. The van der Waals surface area contributed by atoms with Gasteiger partial charge in [0.1, 0.15) is 0 Å². The van der Waals surface area contributed by atoms with Gasteiger partial charge in [-0.1, -0.05) is 19.2 Å². The fourth-order valence-electron chi connectivity index (χ4n) is 1.48. The topological polar surface area (TPSA) is 64.4 Å². The Balaban J connectivity index is 5.75. The van der Waals surface area contributed by atoms with Crippen molar-refractivity contribution in [2.24, 2.45) is 16.5 Å². The maximum atomic E-state index is 5.77. The molecule has 0 aliphatic rings. The lowest BCUT2D eigenvalue weighted by atomic mass is 9.99. The van der Waals surface area contributed by atoms with Crippen LogP contribution in [0, 0.1) is 0 Å². The molecule has 3 heteroatoms. The molecule has 0 atom stereocenters. The molecule has 0 bridgehead atoms. The Kier molecular flexibility index (Phi) is 5.30. The van der Waals surface area contributed by atoms with Crippen molar-refractivity contribution in [2.75, 3.05) is 0 Å². The van der Waals surface area contributed by atoms with Crippen LogP contribution in [-0.2, 0) is 0 Å². The molecule has 0 aromatic carbocycles. The van der Waals surface area contributed by atoms with Crippen molar-refractivity contribution < 1.29 is 0 Å². The molecule has 0 amide bonds. The summed E-state index contributed by atoms with van der Waals surface area (Å²) in [6.07, 6.45) is 1.86. The van der Waals surface area contributed by atoms with E-state index in [2.05, 4.69) is 18.2 Å². The number of hydrogen-bond donors (Lipinski definition) is 2. The number of nitrogens with two attached hydrogens (primary N) is 2. The van der Waals surface area contributed by atoms with E-state index in [1.165, 1.54) is 0 Å². The van der Waals surface area contributed by atoms with Crippen molar-refractivity contribution >= 4 is 5.71 Å². The Labute approximate surface area is 97.9 Å². The fourth-order valence-corrected chi connectivity index (χ4v) is 1.48. The SMILES string of the molecule is C=C(N)C(=C(/C)N=C(C)C)/C(=C\C)C(=C)N. The number of rotatable bonds is 4. The summed E-state index contributed by atoms with van der Waals surface area (Å²) in [4.78, 5) is 4.37. The molecule has 0 saturated carbocycles. The molecule has 16 heavy (non-hydrogen) atoms. The van der Waals surface area contributed by atoms with Crippen LogP contribution in [0.25, 0.3) is 0 Å². The summed E-state index contributed by atoms with van der Waals surface area (Å²) in [6.45, 7) is 15.1. The van der Waals surface area contributed by atoms with Gasteiger partial charge < -0.3 is 11.5 Å². The van der Waals surface area contributed by atoms with Gasteiger partial charge in [-0.15, -0.1) is 0 Å². The summed E-state index contributed by atoms with van der Waals surface area (Å²) in [5.74, 6) is 0. The van der Waals surface area contributed by atoms with Crippen molar-refractivity contribution in [3.63, 3.8) is 0 Å². The molecular weight excluding hydrogens is 198 g/mol. The number of allylic oxidation sites excluding steroid dienone is 4. The first-order chi connectivity index (χ1) is 7.31. The summed E-state index contributed by atoms with van der Waals surface area (Å²) in [6, 6.07) is 0. The first kappa shape index (κ1) is 14.2. The third-order valence-electron chi connectivity index (χ3n) is 1.98. The standard InChI is InChI=1S/C13H21N3/c1-7-12(9(4)14)13(10(5)15)11(6)16-8(2)3/h7H,4-5,14-15H2,1-3,6H3/b12-7-,13-11+. The molecule has 0 aliphatic heterocycles. The van der Waals surface area contributed by atoms with Gasteiger partial charge in [-0.3, -0.25) is 4.99 Å². The third kappa shape index (κ3) is 3.77. The predicted octanol–water partition coefficient (Wildman–Crippen LogP) is 2.63. The molecule has 88 valence electrons. The predicted molar refractivity (Wildman–Crippen MR) is 71.9 cm³/mol. The van der Waals surface area contributed by atoms with Gasteiger partial charge >= 0.3 is 0 Å². The highest BCUT2D eigenvalue weighted by molar-refractivity contribution is 5.80. The summed E-state index contributed by atoms with van der Waals surface area (Å²) in [5.41, 5.74) is 15.7. The smallest absolute Gasteiger partial charge is 0.0471 e. The molecule has 4 N–H and O–H groups in total. The average molecular weight is 219 g/mol. The van der Waals surface area contributed by atoms with Crippen molar-refractivity contribution in [1.82, 2.24) is 0 Å². The summed E-state index contributed by atoms with van der Waals surface area (Å²) in [5, 5.41) is 0. The van der Waals surface area contributed by atoms with Gasteiger partial charge in [0.15, 0.2) is 0 Å². The van der Waals surface area contributed by atoms with E-state index < -0.39 is 0 Å². The van der Waals surface area contributed by atoms with Crippen molar-refractivity contribution in [2.45, 2.75) is 27.7 Å². The highest BCUT2D eigenvalue weighted by atomic mass is 14.8. The molecule has 0 aliphatic carbocycles. The normalized spacial score (nSPS) is 12.9. The van der Waals surface area contributed by atoms with E-state index in [1.807, 2.05) is 33.8 Å². The molecule has 0 unspecified atom stereocenters. The van der Waals surface area contributed by atoms with E-state index in [0.29, 0.717) is 11.4 Å². The van der Waals surface area contributed by atoms with Crippen molar-refractivity contribution in [1.29, 1.82) is 0 Å². The monoisotopic (exact) mass is 219 g/mol. The molecule has 0 aromatic rings. The van der Waals surface area contributed by atoms with Gasteiger partial charge in [0.25, 0.3) is 0 Å². The van der Waals surface area contributed by atoms with E-state index >= 15 is 0 Å². The minimum atomic E-state index is 0.446. The van der Waals surface area contributed by atoms with E-state index in [4.69, 9.17) is 11.5 Å². The first-order valence-corrected chi connectivity index (χ1v) is 5.10. The van der Waals surface area contributed by atoms with Crippen LogP contribution in [0.5, 0.6) is 0 Å². The van der Waals surface area contributed by atoms with Gasteiger partial charge in [-0.05, 0) is 27.7 Å². The Hall–Kier alpha value is -1.77. The molecule has 0 radical (unpaired) electrons. The van der Waals surface area contributed by atoms with Crippen LogP contribution < -0.4 is 11.5 Å². The fraction of sp³-hybridized carbons (Fsp3) is 0.308. The third-order valence-corrected chi connectivity index (χ3v) is 1.98. The Bertz CT molecular complexity index is 391. The maximum Gasteiger partial charge on any atom is 0.0471 e.